The van der Waals surface area contributed by atoms with Gasteiger partial charge in [-0.3, -0.25) is 4.79 Å². The first-order valence-corrected chi connectivity index (χ1v) is 9.47. The van der Waals surface area contributed by atoms with Crippen molar-refractivity contribution in [3.8, 4) is 11.1 Å². The molecule has 0 saturated carbocycles. The summed E-state index contributed by atoms with van der Waals surface area (Å²) in [5.41, 5.74) is 11.8. The Hall–Kier alpha value is -3.36. The van der Waals surface area contributed by atoms with E-state index in [2.05, 4.69) is 5.32 Å². The fourth-order valence-corrected chi connectivity index (χ4v) is 3.89. The monoisotopic (exact) mass is 428 g/mol. The molecule has 1 aliphatic carbocycles. The van der Waals surface area contributed by atoms with Crippen LogP contribution in [0.3, 0.4) is 0 Å². The SMILES string of the molecule is Nc1cc(F)ccc1NC(=O)C1(O)CCc2cc(-c3cc(Cl)ccc3N)c[n+]([O-])c21. The minimum absolute atomic E-state index is 0.00594. The quantitative estimate of drug-likeness (QED) is 0.289. The Morgan fingerprint density at radius 3 is 2.70 bits per heavy atom. The third-order valence-corrected chi connectivity index (χ3v) is 5.46. The van der Waals surface area contributed by atoms with E-state index in [1.165, 1.54) is 12.3 Å². The molecule has 0 radical (unpaired) electrons. The van der Waals surface area contributed by atoms with Crippen molar-refractivity contribution in [3.63, 3.8) is 0 Å². The highest BCUT2D eigenvalue weighted by Gasteiger charge is 2.51. The number of carbonyl (C=O) groups is 1. The molecule has 0 spiro atoms. The first kappa shape index (κ1) is 19.9. The maximum absolute atomic E-state index is 13.2. The molecule has 30 heavy (non-hydrogen) atoms. The first-order valence-electron chi connectivity index (χ1n) is 9.10. The van der Waals surface area contributed by atoms with Gasteiger partial charge >= 0.3 is 0 Å². The highest BCUT2D eigenvalue weighted by molar-refractivity contribution is 6.31. The lowest BCUT2D eigenvalue weighted by Crippen LogP contribution is -2.47. The van der Waals surface area contributed by atoms with Crippen molar-refractivity contribution in [3.05, 3.63) is 76.0 Å². The van der Waals surface area contributed by atoms with Crippen LogP contribution in [-0.2, 0) is 16.8 Å². The Labute approximate surface area is 176 Å². The number of nitrogens with one attached hydrogen (secondary N) is 1. The maximum Gasteiger partial charge on any atom is 0.267 e. The average molecular weight is 429 g/mol. The van der Waals surface area contributed by atoms with E-state index >= 15 is 0 Å². The Kier molecular flexibility index (Phi) is 4.76. The summed E-state index contributed by atoms with van der Waals surface area (Å²) in [5, 5.41) is 26.8. The summed E-state index contributed by atoms with van der Waals surface area (Å²) in [5.74, 6) is -1.38. The van der Waals surface area contributed by atoms with Gasteiger partial charge in [0.15, 0.2) is 6.20 Å². The molecule has 0 aliphatic heterocycles. The van der Waals surface area contributed by atoms with Crippen molar-refractivity contribution in [2.24, 2.45) is 0 Å². The number of nitrogen functional groups attached to an aromatic ring is 2. The van der Waals surface area contributed by atoms with E-state index < -0.39 is 17.3 Å². The van der Waals surface area contributed by atoms with Crippen LogP contribution in [0.4, 0.5) is 21.5 Å². The van der Waals surface area contributed by atoms with E-state index in [0.29, 0.717) is 38.6 Å². The zero-order valence-electron chi connectivity index (χ0n) is 15.7. The number of aryl methyl sites for hydroxylation is 1. The number of carbonyl (C=O) groups excluding carboxylic acids is 1. The number of rotatable bonds is 3. The van der Waals surface area contributed by atoms with Crippen molar-refractivity contribution in [2.45, 2.75) is 18.4 Å². The molecule has 1 aromatic heterocycles. The van der Waals surface area contributed by atoms with Crippen LogP contribution in [0.5, 0.6) is 0 Å². The lowest BCUT2D eigenvalue weighted by Gasteiger charge is -2.22. The summed E-state index contributed by atoms with van der Waals surface area (Å²) in [6, 6.07) is 10.1. The molecule has 1 aliphatic rings. The smallest absolute Gasteiger partial charge is 0.267 e. The minimum Gasteiger partial charge on any atom is -0.618 e. The summed E-state index contributed by atoms with van der Waals surface area (Å²) in [6.45, 7) is 0. The second-order valence-corrected chi connectivity index (χ2v) is 7.64. The molecule has 6 N–H and O–H groups in total. The largest absolute Gasteiger partial charge is 0.618 e. The predicted molar refractivity (Wildman–Crippen MR) is 112 cm³/mol. The summed E-state index contributed by atoms with van der Waals surface area (Å²) >= 11 is 6.04. The van der Waals surface area contributed by atoms with Gasteiger partial charge in [0.1, 0.15) is 5.82 Å². The Morgan fingerprint density at radius 1 is 1.20 bits per heavy atom. The number of hydrogen-bond donors (Lipinski definition) is 4. The number of nitrogens with two attached hydrogens (primary N) is 2. The van der Waals surface area contributed by atoms with E-state index in [0.717, 1.165) is 12.1 Å². The van der Waals surface area contributed by atoms with Crippen molar-refractivity contribution >= 4 is 34.6 Å². The zero-order chi connectivity index (χ0) is 21.6. The van der Waals surface area contributed by atoms with E-state index in [4.69, 9.17) is 23.1 Å². The second-order valence-electron chi connectivity index (χ2n) is 7.21. The predicted octanol–water partition coefficient (Wildman–Crippen LogP) is 2.72. The molecule has 154 valence electrons. The van der Waals surface area contributed by atoms with E-state index in [9.17, 15) is 19.5 Å². The molecule has 2 aromatic carbocycles. The topological polar surface area (TPSA) is 128 Å². The van der Waals surface area contributed by atoms with E-state index in [1.54, 1.807) is 24.3 Å². The number of aromatic nitrogens is 1. The van der Waals surface area contributed by atoms with Crippen molar-refractivity contribution in [1.29, 1.82) is 0 Å². The molecule has 3 aromatic rings. The molecule has 7 nitrogen and oxygen atoms in total. The molecular weight excluding hydrogens is 411 g/mol. The van der Waals surface area contributed by atoms with Gasteiger partial charge in [-0.05, 0) is 55.3 Å². The fourth-order valence-electron chi connectivity index (χ4n) is 3.72. The first-order chi connectivity index (χ1) is 14.2. The molecule has 9 heteroatoms. The van der Waals surface area contributed by atoms with Gasteiger partial charge < -0.3 is 27.1 Å². The van der Waals surface area contributed by atoms with Gasteiger partial charge in [0.05, 0.1) is 11.4 Å². The normalized spacial score (nSPS) is 17.6. The minimum atomic E-state index is -2.06. The van der Waals surface area contributed by atoms with Gasteiger partial charge in [-0.1, -0.05) is 11.6 Å². The highest BCUT2D eigenvalue weighted by atomic mass is 35.5. The number of aliphatic hydroxyl groups is 1. The van der Waals surface area contributed by atoms with Gasteiger partial charge in [0.2, 0.25) is 11.3 Å². The molecule has 0 fully saturated rings. The van der Waals surface area contributed by atoms with Crippen LogP contribution >= 0.6 is 11.6 Å². The number of nitrogens with zero attached hydrogens (tertiary/aromatic N) is 1. The summed E-state index contributed by atoms with van der Waals surface area (Å²) in [4.78, 5) is 12.8. The van der Waals surface area contributed by atoms with Gasteiger partial charge in [-0.25, -0.2) is 4.39 Å². The molecule has 1 heterocycles. The number of halogens is 2. The Bertz CT molecular complexity index is 1190. The number of amides is 1. The summed E-state index contributed by atoms with van der Waals surface area (Å²) < 4.78 is 13.7. The van der Waals surface area contributed by atoms with Gasteiger partial charge in [-0.15, -0.1) is 0 Å². The number of hydrogen-bond acceptors (Lipinski definition) is 5. The average Bonchev–Trinajstić information content (AvgIpc) is 3.04. The molecule has 0 saturated heterocycles. The Balaban J connectivity index is 1.71. The second kappa shape index (κ2) is 7.16. The number of benzene rings is 2. The molecule has 4 rings (SSSR count). The van der Waals surface area contributed by atoms with Crippen molar-refractivity contribution in [2.75, 3.05) is 16.8 Å². The summed E-state index contributed by atoms with van der Waals surface area (Å²) in [6.07, 6.45) is 1.55. The molecule has 0 bridgehead atoms. The van der Waals surface area contributed by atoms with Crippen LogP contribution in [0.25, 0.3) is 11.1 Å². The van der Waals surface area contributed by atoms with Crippen molar-refractivity contribution in [1.82, 2.24) is 0 Å². The van der Waals surface area contributed by atoms with Crippen molar-refractivity contribution < 1.29 is 19.0 Å². The fraction of sp³-hybridized carbons (Fsp3) is 0.143. The highest BCUT2D eigenvalue weighted by Crippen LogP contribution is 2.38. The molecule has 1 unspecified atom stereocenters. The molecule has 1 atom stereocenters. The maximum atomic E-state index is 13.2. The van der Waals surface area contributed by atoms with E-state index in [-0.39, 0.29) is 23.5 Å². The lowest BCUT2D eigenvalue weighted by atomic mass is 9.98. The number of anilines is 3. The molecule has 1 amide bonds. The van der Waals surface area contributed by atoms with Gasteiger partial charge in [-0.2, -0.15) is 4.73 Å². The zero-order valence-corrected chi connectivity index (χ0v) is 16.4. The van der Waals surface area contributed by atoms with Crippen LogP contribution in [0.15, 0.2) is 48.7 Å². The number of pyridine rings is 1. The van der Waals surface area contributed by atoms with Crippen LogP contribution < -0.4 is 21.5 Å². The summed E-state index contributed by atoms with van der Waals surface area (Å²) in [7, 11) is 0. The van der Waals surface area contributed by atoms with Crippen LogP contribution in [0.1, 0.15) is 17.7 Å². The third-order valence-electron chi connectivity index (χ3n) is 5.22. The number of fused-ring (bicyclic) bond motifs is 1. The lowest BCUT2D eigenvalue weighted by molar-refractivity contribution is -0.619. The van der Waals surface area contributed by atoms with E-state index in [1.807, 2.05) is 0 Å². The van der Waals surface area contributed by atoms with Crippen LogP contribution in [0.2, 0.25) is 5.02 Å². The van der Waals surface area contributed by atoms with Gasteiger partial charge in [0.25, 0.3) is 5.91 Å². The third kappa shape index (κ3) is 3.30. The Morgan fingerprint density at radius 2 is 1.97 bits per heavy atom. The van der Waals surface area contributed by atoms with Gasteiger partial charge in [0, 0.05) is 27.4 Å². The molecular formula is C21H18ClFN4O3. The van der Waals surface area contributed by atoms with Crippen LogP contribution in [0, 0.1) is 11.0 Å². The van der Waals surface area contributed by atoms with Crippen LogP contribution in [-0.4, -0.2) is 11.0 Å². The standard InChI is InChI=1S/C21H18ClFN4O3/c22-13-1-3-16(24)15(8-13)12-7-11-5-6-21(29,19(11)27(30)10-12)20(28)26-18-4-2-14(23)9-17(18)25/h1-4,7-10,29H,5-6,24-25H2,(H,26,28).